The number of ether oxygens (including phenoxy) is 2. The number of hydrogen-bond acceptors (Lipinski definition) is 10. The van der Waals surface area contributed by atoms with E-state index in [0.717, 1.165) is 16.1 Å². The number of fused-ring (bicyclic) bond motifs is 1. The number of aliphatic hydroxyl groups excluding tert-OH is 2. The van der Waals surface area contributed by atoms with E-state index in [-0.39, 0.29) is 35.9 Å². The second kappa shape index (κ2) is 12.7. The van der Waals surface area contributed by atoms with Crippen LogP contribution in [0.1, 0.15) is 33.1 Å². The van der Waals surface area contributed by atoms with Crippen molar-refractivity contribution in [1.82, 2.24) is 19.6 Å². The van der Waals surface area contributed by atoms with Crippen LogP contribution in [-0.4, -0.2) is 84.6 Å². The summed E-state index contributed by atoms with van der Waals surface area (Å²) in [6.07, 6.45) is -5.36. The number of alkyl halides is 3. The third-order valence-corrected chi connectivity index (χ3v) is 8.08. The number of rotatable bonds is 11. The molecule has 0 spiro atoms. The molecule has 1 aliphatic carbocycles. The van der Waals surface area contributed by atoms with E-state index >= 15 is 0 Å². The molecule has 2 aromatic carbocycles. The zero-order chi connectivity index (χ0) is 31.5. The fourth-order valence-electron chi connectivity index (χ4n) is 4.57. The molecule has 0 unspecified atom stereocenters. The molecule has 0 saturated heterocycles. The third-order valence-electron chi connectivity index (χ3n) is 6.80. The maximum Gasteiger partial charge on any atom is 0.423 e. The molecule has 16 heteroatoms. The van der Waals surface area contributed by atoms with Gasteiger partial charge < -0.3 is 30.3 Å². The fourth-order valence-corrected chi connectivity index (χ4v) is 5.23. The number of benzene rings is 2. The molecule has 0 fully saturated rings. The lowest BCUT2D eigenvalue weighted by atomic mass is 10.1. The third kappa shape index (κ3) is 7.33. The van der Waals surface area contributed by atoms with Gasteiger partial charge in [0, 0.05) is 31.8 Å². The molecule has 1 aliphatic rings. The average Bonchev–Trinajstić information content (AvgIpc) is 3.31. The Kier molecular flexibility index (Phi) is 9.44. The predicted molar refractivity (Wildman–Crippen MR) is 149 cm³/mol. The number of nitrogens with zero attached hydrogens (tertiary/aromatic N) is 3. The van der Waals surface area contributed by atoms with E-state index in [0.29, 0.717) is 11.8 Å². The highest BCUT2D eigenvalue weighted by Crippen LogP contribution is 2.42. The van der Waals surface area contributed by atoms with Crippen LogP contribution in [0.4, 0.5) is 24.8 Å². The van der Waals surface area contributed by atoms with Gasteiger partial charge in [0.15, 0.2) is 0 Å². The van der Waals surface area contributed by atoms with Crippen molar-refractivity contribution >= 4 is 27.6 Å². The van der Waals surface area contributed by atoms with Crippen molar-refractivity contribution in [1.29, 1.82) is 0 Å². The number of aromatic nitrogens is 2. The number of amides is 1. The normalized spacial score (nSPS) is 17.3. The van der Waals surface area contributed by atoms with Gasteiger partial charge in [0.05, 0.1) is 37.8 Å². The Morgan fingerprint density at radius 3 is 2.60 bits per heavy atom. The lowest BCUT2D eigenvalue weighted by Gasteiger charge is -2.29. The Morgan fingerprint density at radius 1 is 1.23 bits per heavy atom. The summed E-state index contributed by atoms with van der Waals surface area (Å²) in [7, 11) is -1.10. The Morgan fingerprint density at radius 2 is 1.95 bits per heavy atom. The van der Waals surface area contributed by atoms with Crippen LogP contribution in [0.2, 0.25) is 0 Å². The molecule has 0 bridgehead atoms. The summed E-state index contributed by atoms with van der Waals surface area (Å²) in [5, 5.41) is 23.6. The molecule has 0 radical (unpaired) electrons. The summed E-state index contributed by atoms with van der Waals surface area (Å²) in [4.78, 5) is 20.2. The highest BCUT2D eigenvalue weighted by Gasteiger charge is 2.43. The Labute approximate surface area is 245 Å². The topological polar surface area (TPSA) is 163 Å². The minimum Gasteiger partial charge on any atom is -0.495 e. The molecule has 232 valence electrons. The Balaban J connectivity index is 1.64. The van der Waals surface area contributed by atoms with Crippen LogP contribution in [0, 0.1) is 0 Å². The van der Waals surface area contributed by atoms with Gasteiger partial charge in [-0.25, -0.2) is 13.4 Å². The molecule has 0 saturated carbocycles. The molecular weight excluding hydrogens is 595 g/mol. The minimum absolute atomic E-state index is 0.127. The van der Waals surface area contributed by atoms with Crippen molar-refractivity contribution in [2.45, 2.75) is 30.8 Å². The molecule has 12 nitrogen and oxygen atoms in total. The zero-order valence-corrected chi connectivity index (χ0v) is 24.1. The largest absolute Gasteiger partial charge is 0.495 e. The van der Waals surface area contributed by atoms with Crippen molar-refractivity contribution < 1.29 is 46.1 Å². The van der Waals surface area contributed by atoms with E-state index in [2.05, 4.69) is 20.6 Å². The minimum atomic E-state index is -4.88. The van der Waals surface area contributed by atoms with Crippen LogP contribution in [0.15, 0.2) is 48.7 Å². The van der Waals surface area contributed by atoms with Crippen LogP contribution in [-0.2, 0) is 22.6 Å². The summed E-state index contributed by atoms with van der Waals surface area (Å²) >= 11 is 0. The van der Waals surface area contributed by atoms with Crippen LogP contribution in [0.3, 0.4) is 0 Å². The molecule has 1 aromatic heterocycles. The van der Waals surface area contributed by atoms with Crippen LogP contribution < -0.4 is 20.1 Å². The number of anilines is 2. The van der Waals surface area contributed by atoms with Gasteiger partial charge in [-0.1, -0.05) is 24.3 Å². The van der Waals surface area contributed by atoms with Crippen LogP contribution in [0.5, 0.6) is 11.6 Å². The summed E-state index contributed by atoms with van der Waals surface area (Å²) in [6.45, 7) is -0.721. The second-order valence-corrected chi connectivity index (χ2v) is 11.8. The first-order chi connectivity index (χ1) is 20.2. The average molecular weight is 626 g/mol. The van der Waals surface area contributed by atoms with Gasteiger partial charge in [0.2, 0.25) is 21.9 Å². The number of hydrogen-bond donors (Lipinski definition) is 4. The Bertz CT molecular complexity index is 1590. The molecule has 43 heavy (non-hydrogen) atoms. The number of nitrogens with one attached hydrogen (secondary N) is 2. The highest BCUT2D eigenvalue weighted by atomic mass is 32.2. The van der Waals surface area contributed by atoms with Crippen LogP contribution >= 0.6 is 0 Å². The fraction of sp³-hybridized carbons (Fsp3) is 0.370. The van der Waals surface area contributed by atoms with Crippen molar-refractivity contribution in [3.05, 3.63) is 70.9 Å². The Hall–Kier alpha value is -3.99. The van der Waals surface area contributed by atoms with E-state index < -0.39 is 58.4 Å². The molecule has 4 N–H and O–H groups in total. The molecule has 0 aliphatic heterocycles. The van der Waals surface area contributed by atoms with Crippen molar-refractivity contribution in [2.75, 3.05) is 38.9 Å². The standard InChI is InChI=1S/C27H30F3N5O7S/c1-35(43(3,39)40)23-18-7-5-4-6-15(18)10-22(23)42-25-19(27(28,29)30)13-32-26(34-25)33-20-9-8-16(11-21(20)41-2)24(38)31-12-17(37)14-36/h4-9,11,13,17,22-23,36-37H,10,12,14H2,1-3H3,(H,31,38)(H,32,33,34)/t17-,22+,23+/m0/s1. The molecule has 1 amide bonds. The van der Waals surface area contributed by atoms with Crippen molar-refractivity contribution in [3.63, 3.8) is 0 Å². The number of methoxy groups -OCH3 is 1. The number of carbonyl (C=O) groups is 1. The summed E-state index contributed by atoms with van der Waals surface area (Å²) in [6, 6.07) is 10.2. The lowest BCUT2D eigenvalue weighted by Crippen LogP contribution is -2.38. The highest BCUT2D eigenvalue weighted by molar-refractivity contribution is 7.88. The number of likely N-dealkylation sites (N-methyl/N-ethyl adjacent to an activating group) is 1. The molecular formula is C27H30F3N5O7S. The van der Waals surface area contributed by atoms with Crippen molar-refractivity contribution in [2.24, 2.45) is 0 Å². The van der Waals surface area contributed by atoms with Gasteiger partial charge in [0.25, 0.3) is 5.91 Å². The van der Waals surface area contributed by atoms with Gasteiger partial charge in [-0.15, -0.1) is 0 Å². The van der Waals surface area contributed by atoms with Gasteiger partial charge in [0.1, 0.15) is 17.4 Å². The first-order valence-electron chi connectivity index (χ1n) is 12.9. The maximum atomic E-state index is 14.0. The lowest BCUT2D eigenvalue weighted by molar-refractivity contribution is -0.140. The molecule has 4 rings (SSSR count). The van der Waals surface area contributed by atoms with E-state index in [4.69, 9.17) is 14.6 Å². The van der Waals surface area contributed by atoms with Gasteiger partial charge in [-0.3, -0.25) is 4.79 Å². The molecule has 1 heterocycles. The number of halogens is 3. The van der Waals surface area contributed by atoms with Gasteiger partial charge in [-0.05, 0) is 29.3 Å². The number of carbonyl (C=O) groups excluding carboxylic acids is 1. The van der Waals surface area contributed by atoms with Gasteiger partial charge >= 0.3 is 6.18 Å². The smallest absolute Gasteiger partial charge is 0.423 e. The van der Waals surface area contributed by atoms with Crippen LogP contribution in [0.25, 0.3) is 0 Å². The van der Waals surface area contributed by atoms with E-state index in [1.807, 2.05) is 0 Å². The molecule has 3 aromatic rings. The predicted octanol–water partition coefficient (Wildman–Crippen LogP) is 2.27. The van der Waals surface area contributed by atoms with E-state index in [1.54, 1.807) is 24.3 Å². The monoisotopic (exact) mass is 625 g/mol. The first kappa shape index (κ1) is 31.9. The summed E-state index contributed by atoms with van der Waals surface area (Å²) in [5.74, 6) is -1.52. The zero-order valence-electron chi connectivity index (χ0n) is 23.3. The second-order valence-electron chi connectivity index (χ2n) is 9.78. The summed E-state index contributed by atoms with van der Waals surface area (Å²) in [5.41, 5.74) is 0.448. The summed E-state index contributed by atoms with van der Waals surface area (Å²) < 4.78 is 79.0. The van der Waals surface area contributed by atoms with Gasteiger partial charge in [-0.2, -0.15) is 22.5 Å². The molecule has 3 atom stereocenters. The van der Waals surface area contributed by atoms with Crippen molar-refractivity contribution in [3.8, 4) is 11.6 Å². The number of aliphatic hydroxyl groups is 2. The van der Waals surface area contributed by atoms with E-state index in [1.165, 1.54) is 32.4 Å². The number of sulfonamides is 1. The maximum absolute atomic E-state index is 14.0. The first-order valence-corrected chi connectivity index (χ1v) is 14.7. The quantitative estimate of drug-likeness (QED) is 0.249. The van der Waals surface area contributed by atoms with E-state index in [9.17, 15) is 31.5 Å². The SMILES string of the molecule is COc1cc(C(=O)NC[C@H](O)CO)ccc1Nc1ncc(C(F)(F)F)c(O[C@@H]2Cc3ccccc3[C@H]2N(C)S(C)(=O)=O)n1.